The van der Waals surface area contributed by atoms with Crippen molar-refractivity contribution in [2.45, 2.75) is 77.4 Å². The van der Waals surface area contributed by atoms with E-state index in [2.05, 4.69) is 12.0 Å². The number of unbranched alkanes of at least 4 members (excludes halogenated alkanes) is 2. The lowest BCUT2D eigenvalue weighted by Crippen LogP contribution is -2.06. The Morgan fingerprint density at radius 1 is 1.27 bits per heavy atom. The number of hydrogen-bond donors (Lipinski definition) is 2. The lowest BCUT2D eigenvalue weighted by molar-refractivity contribution is -0.143. The van der Waals surface area contributed by atoms with Crippen molar-refractivity contribution in [3.63, 3.8) is 0 Å². The second-order valence-electron chi connectivity index (χ2n) is 6.64. The number of aromatic nitrogens is 2. The van der Waals surface area contributed by atoms with Crippen molar-refractivity contribution in [1.82, 2.24) is 9.78 Å². The van der Waals surface area contributed by atoms with Crippen LogP contribution < -0.4 is 0 Å². The minimum atomic E-state index is -0.722. The first-order valence-electron chi connectivity index (χ1n) is 9.69. The standard InChI is InChI=1S/C20H34N2O4/c1-4-6-7-11-17(23)12-8-10-16-15-22(3)21-20(16)18(24)13-9-14-19(25)26-5-2/h8,10,15,17-18,23-24H,4-7,9,11-14H2,1-3H3/b10-8+. The molecule has 1 aromatic heterocycles. The molecule has 0 aromatic carbocycles. The Kier molecular flexibility index (Phi) is 10.9. The second kappa shape index (κ2) is 12.7. The zero-order chi connectivity index (χ0) is 19.4. The van der Waals surface area contributed by atoms with Crippen molar-refractivity contribution in [1.29, 1.82) is 0 Å². The van der Waals surface area contributed by atoms with Crippen LogP contribution in [0, 0.1) is 0 Å². The molecule has 0 spiro atoms. The highest BCUT2D eigenvalue weighted by Crippen LogP contribution is 2.23. The molecule has 0 aliphatic rings. The Balaban J connectivity index is 2.52. The maximum atomic E-state index is 11.4. The molecule has 1 rings (SSSR count). The van der Waals surface area contributed by atoms with Crippen molar-refractivity contribution in [2.24, 2.45) is 7.05 Å². The van der Waals surface area contributed by atoms with E-state index in [0.29, 0.717) is 38.0 Å². The molecule has 0 aliphatic heterocycles. The van der Waals surface area contributed by atoms with E-state index in [1.807, 2.05) is 25.4 Å². The third kappa shape index (κ3) is 8.63. The molecule has 26 heavy (non-hydrogen) atoms. The fourth-order valence-corrected chi connectivity index (χ4v) is 2.82. The molecule has 6 nitrogen and oxygen atoms in total. The predicted molar refractivity (Wildman–Crippen MR) is 102 cm³/mol. The minimum Gasteiger partial charge on any atom is -0.466 e. The molecule has 0 radical (unpaired) electrons. The topological polar surface area (TPSA) is 84.6 Å². The third-order valence-corrected chi connectivity index (χ3v) is 4.21. The first-order valence-corrected chi connectivity index (χ1v) is 9.69. The molecule has 2 unspecified atom stereocenters. The SMILES string of the molecule is CCCCCC(O)C/C=C/c1cn(C)nc1C(O)CCCC(=O)OCC. The van der Waals surface area contributed by atoms with Gasteiger partial charge < -0.3 is 14.9 Å². The number of carbonyl (C=O) groups is 1. The van der Waals surface area contributed by atoms with Gasteiger partial charge in [0.1, 0.15) is 0 Å². The van der Waals surface area contributed by atoms with Gasteiger partial charge in [0.05, 0.1) is 24.5 Å². The Hall–Kier alpha value is -1.66. The summed E-state index contributed by atoms with van der Waals surface area (Å²) in [5.41, 5.74) is 1.45. The molecule has 6 heteroatoms. The largest absolute Gasteiger partial charge is 0.466 e. The van der Waals surface area contributed by atoms with Crippen LogP contribution in [0.25, 0.3) is 6.08 Å². The number of hydrogen-bond acceptors (Lipinski definition) is 5. The van der Waals surface area contributed by atoms with Crippen LogP contribution in [0.1, 0.15) is 82.6 Å². The summed E-state index contributed by atoms with van der Waals surface area (Å²) in [6.45, 7) is 4.30. The molecular formula is C20H34N2O4. The van der Waals surface area contributed by atoms with Gasteiger partial charge in [0.15, 0.2) is 0 Å². The molecular weight excluding hydrogens is 332 g/mol. The van der Waals surface area contributed by atoms with Gasteiger partial charge in [-0.05, 0) is 32.6 Å². The number of aliphatic hydroxyl groups excluding tert-OH is 2. The normalized spacial score (nSPS) is 13.9. The van der Waals surface area contributed by atoms with Gasteiger partial charge in [-0.2, -0.15) is 5.10 Å². The molecule has 1 aromatic rings. The van der Waals surface area contributed by atoms with Gasteiger partial charge in [-0.1, -0.05) is 38.3 Å². The van der Waals surface area contributed by atoms with E-state index in [1.165, 1.54) is 0 Å². The third-order valence-electron chi connectivity index (χ3n) is 4.21. The van der Waals surface area contributed by atoms with E-state index in [0.717, 1.165) is 31.2 Å². The zero-order valence-corrected chi connectivity index (χ0v) is 16.4. The molecule has 0 fully saturated rings. The molecule has 0 amide bonds. The second-order valence-corrected chi connectivity index (χ2v) is 6.64. The highest BCUT2D eigenvalue weighted by atomic mass is 16.5. The summed E-state index contributed by atoms with van der Waals surface area (Å²) in [6, 6.07) is 0. The number of aryl methyl sites for hydroxylation is 1. The van der Waals surface area contributed by atoms with Crippen molar-refractivity contribution in [2.75, 3.05) is 6.61 Å². The Morgan fingerprint density at radius 3 is 2.73 bits per heavy atom. The lowest BCUT2D eigenvalue weighted by atomic mass is 10.0. The number of ether oxygens (including phenoxy) is 1. The highest BCUT2D eigenvalue weighted by molar-refractivity contribution is 5.69. The quantitative estimate of drug-likeness (QED) is 0.412. The highest BCUT2D eigenvalue weighted by Gasteiger charge is 2.16. The van der Waals surface area contributed by atoms with Crippen LogP contribution in [0.15, 0.2) is 12.3 Å². The smallest absolute Gasteiger partial charge is 0.305 e. The Bertz CT molecular complexity index is 554. The van der Waals surface area contributed by atoms with Gasteiger partial charge in [0.2, 0.25) is 0 Å². The van der Waals surface area contributed by atoms with Gasteiger partial charge in [0.25, 0.3) is 0 Å². The zero-order valence-electron chi connectivity index (χ0n) is 16.4. The van der Waals surface area contributed by atoms with Crippen LogP contribution in [0.3, 0.4) is 0 Å². The van der Waals surface area contributed by atoms with Crippen LogP contribution in [0.4, 0.5) is 0 Å². The van der Waals surface area contributed by atoms with E-state index in [1.54, 1.807) is 11.6 Å². The summed E-state index contributed by atoms with van der Waals surface area (Å²) < 4.78 is 6.56. The number of nitrogens with zero attached hydrogens (tertiary/aromatic N) is 2. The maximum Gasteiger partial charge on any atom is 0.305 e. The average molecular weight is 367 g/mol. The van der Waals surface area contributed by atoms with Crippen LogP contribution in [-0.2, 0) is 16.6 Å². The van der Waals surface area contributed by atoms with E-state index in [4.69, 9.17) is 4.74 Å². The van der Waals surface area contributed by atoms with Gasteiger partial charge in [-0.15, -0.1) is 0 Å². The first kappa shape index (κ1) is 22.4. The molecule has 2 N–H and O–H groups in total. The molecule has 0 aliphatic carbocycles. The number of aliphatic hydroxyl groups is 2. The average Bonchev–Trinajstić information content (AvgIpc) is 2.96. The summed E-state index contributed by atoms with van der Waals surface area (Å²) in [4.78, 5) is 11.4. The van der Waals surface area contributed by atoms with Gasteiger partial charge in [0, 0.05) is 25.2 Å². The summed E-state index contributed by atoms with van der Waals surface area (Å²) in [7, 11) is 1.81. The molecule has 2 atom stereocenters. The van der Waals surface area contributed by atoms with Crippen LogP contribution >= 0.6 is 0 Å². The van der Waals surface area contributed by atoms with Crippen LogP contribution in [0.2, 0.25) is 0 Å². The molecule has 0 saturated carbocycles. The number of rotatable bonds is 13. The van der Waals surface area contributed by atoms with E-state index >= 15 is 0 Å². The van der Waals surface area contributed by atoms with Crippen molar-refractivity contribution < 1.29 is 19.7 Å². The van der Waals surface area contributed by atoms with E-state index in [-0.39, 0.29) is 12.1 Å². The Morgan fingerprint density at radius 2 is 2.04 bits per heavy atom. The van der Waals surface area contributed by atoms with Gasteiger partial charge >= 0.3 is 5.97 Å². The maximum absolute atomic E-state index is 11.4. The van der Waals surface area contributed by atoms with Gasteiger partial charge in [-0.25, -0.2) is 0 Å². The summed E-state index contributed by atoms with van der Waals surface area (Å²) in [5, 5.41) is 24.7. The summed E-state index contributed by atoms with van der Waals surface area (Å²) >= 11 is 0. The molecule has 0 bridgehead atoms. The van der Waals surface area contributed by atoms with E-state index < -0.39 is 6.10 Å². The Labute approximate surface area is 156 Å². The predicted octanol–water partition coefficient (Wildman–Crippen LogP) is 3.53. The minimum absolute atomic E-state index is 0.238. The summed E-state index contributed by atoms with van der Waals surface area (Å²) in [5.74, 6) is -0.238. The van der Waals surface area contributed by atoms with Crippen molar-refractivity contribution in [3.05, 3.63) is 23.5 Å². The number of esters is 1. The van der Waals surface area contributed by atoms with Crippen molar-refractivity contribution >= 4 is 12.0 Å². The monoisotopic (exact) mass is 366 g/mol. The summed E-state index contributed by atoms with van der Waals surface area (Å²) in [6.07, 6.45) is 10.7. The molecule has 148 valence electrons. The van der Waals surface area contributed by atoms with Crippen LogP contribution in [0.5, 0.6) is 0 Å². The first-order chi connectivity index (χ1) is 12.5. The fraction of sp³-hybridized carbons (Fsp3) is 0.700. The van der Waals surface area contributed by atoms with Crippen molar-refractivity contribution in [3.8, 4) is 0 Å². The lowest BCUT2D eigenvalue weighted by Gasteiger charge is -2.09. The van der Waals surface area contributed by atoms with E-state index in [9.17, 15) is 15.0 Å². The molecule has 1 heterocycles. The van der Waals surface area contributed by atoms with Gasteiger partial charge in [-0.3, -0.25) is 9.48 Å². The molecule has 0 saturated heterocycles. The number of carbonyl (C=O) groups excluding carboxylic acids is 1. The van der Waals surface area contributed by atoms with Crippen LogP contribution in [-0.4, -0.2) is 38.7 Å². The fourth-order valence-electron chi connectivity index (χ4n) is 2.82.